The van der Waals surface area contributed by atoms with Crippen molar-refractivity contribution < 1.29 is 19.1 Å². The molecule has 0 radical (unpaired) electrons. The quantitative estimate of drug-likeness (QED) is 0.765. The zero-order chi connectivity index (χ0) is 14.7. The average molecular weight is 277 g/mol. The summed E-state index contributed by atoms with van der Waals surface area (Å²) in [5, 5.41) is 0. The van der Waals surface area contributed by atoms with E-state index < -0.39 is 12.0 Å². The Bertz CT molecular complexity index is 527. The van der Waals surface area contributed by atoms with Gasteiger partial charge in [-0.25, -0.2) is 4.79 Å². The van der Waals surface area contributed by atoms with E-state index in [4.69, 9.17) is 9.47 Å². The van der Waals surface area contributed by atoms with Gasteiger partial charge in [0.2, 0.25) is 0 Å². The van der Waals surface area contributed by atoms with E-state index in [1.54, 1.807) is 6.07 Å². The van der Waals surface area contributed by atoms with Crippen LogP contribution in [0.5, 0.6) is 0 Å². The highest BCUT2D eigenvalue weighted by Crippen LogP contribution is 2.17. The van der Waals surface area contributed by atoms with Crippen LogP contribution >= 0.6 is 0 Å². The molecular weight excluding hydrogens is 258 g/mol. The van der Waals surface area contributed by atoms with Crippen LogP contribution in [0.1, 0.15) is 21.5 Å². The Labute approximate surface area is 118 Å². The fourth-order valence-corrected chi connectivity index (χ4v) is 2.39. The van der Waals surface area contributed by atoms with E-state index in [1.165, 1.54) is 12.0 Å². The second kappa shape index (κ2) is 6.05. The summed E-state index contributed by atoms with van der Waals surface area (Å²) in [5.74, 6) is -0.594. The molecule has 0 bridgehead atoms. The van der Waals surface area contributed by atoms with Crippen LogP contribution < -0.4 is 0 Å². The molecule has 1 aromatic rings. The molecule has 0 spiro atoms. The van der Waals surface area contributed by atoms with Gasteiger partial charge in [0.25, 0.3) is 5.91 Å². The predicted octanol–water partition coefficient (Wildman–Crippen LogP) is 1.32. The normalized spacial score (nSPS) is 18.8. The second-order valence-electron chi connectivity index (χ2n) is 4.93. The lowest BCUT2D eigenvalue weighted by molar-refractivity contribution is -0.151. The number of rotatable bonds is 2. The fraction of sp³-hybridized carbons (Fsp3) is 0.467. The van der Waals surface area contributed by atoms with Crippen molar-refractivity contribution in [2.75, 3.05) is 26.9 Å². The lowest BCUT2D eigenvalue weighted by Gasteiger charge is -2.34. The minimum Gasteiger partial charge on any atom is -0.467 e. The molecule has 1 aromatic carbocycles. The molecule has 108 valence electrons. The molecule has 0 saturated carbocycles. The molecule has 1 aliphatic rings. The van der Waals surface area contributed by atoms with Crippen molar-refractivity contribution >= 4 is 11.9 Å². The molecule has 0 N–H and O–H groups in total. The van der Waals surface area contributed by atoms with Crippen LogP contribution in [0.3, 0.4) is 0 Å². The Balaban J connectivity index is 2.27. The van der Waals surface area contributed by atoms with E-state index in [1.807, 2.05) is 26.0 Å². The first-order chi connectivity index (χ1) is 9.54. The molecule has 20 heavy (non-hydrogen) atoms. The summed E-state index contributed by atoms with van der Waals surface area (Å²) in [6.07, 6.45) is 0. The molecule has 0 aliphatic carbocycles. The minimum atomic E-state index is -0.665. The highest BCUT2D eigenvalue weighted by Gasteiger charge is 2.34. The van der Waals surface area contributed by atoms with Crippen LogP contribution in [0.2, 0.25) is 0 Å². The molecule has 2 rings (SSSR count). The van der Waals surface area contributed by atoms with Crippen LogP contribution in [0.25, 0.3) is 0 Å². The van der Waals surface area contributed by atoms with Crippen LogP contribution in [0.15, 0.2) is 18.2 Å². The first-order valence-electron chi connectivity index (χ1n) is 6.58. The van der Waals surface area contributed by atoms with Gasteiger partial charge in [0, 0.05) is 12.1 Å². The third kappa shape index (κ3) is 2.82. The average Bonchev–Trinajstić information content (AvgIpc) is 2.46. The standard InChI is InChI=1S/C15H19NO4/c1-10-4-5-12(11(2)8-10)14(17)16-6-7-20-9-13(16)15(18)19-3/h4-5,8,13H,6-7,9H2,1-3H3. The molecule has 1 fully saturated rings. The van der Waals surface area contributed by atoms with Crippen LogP contribution in [-0.2, 0) is 14.3 Å². The first kappa shape index (κ1) is 14.5. The van der Waals surface area contributed by atoms with Gasteiger partial charge >= 0.3 is 5.97 Å². The molecular formula is C15H19NO4. The van der Waals surface area contributed by atoms with Crippen molar-refractivity contribution in [1.82, 2.24) is 4.90 Å². The van der Waals surface area contributed by atoms with Gasteiger partial charge in [0.15, 0.2) is 6.04 Å². The largest absolute Gasteiger partial charge is 0.467 e. The SMILES string of the molecule is COC(=O)C1COCCN1C(=O)c1ccc(C)cc1C. The summed E-state index contributed by atoms with van der Waals surface area (Å²) in [7, 11) is 1.32. The van der Waals surface area contributed by atoms with Gasteiger partial charge in [0.1, 0.15) is 0 Å². The first-order valence-corrected chi connectivity index (χ1v) is 6.58. The van der Waals surface area contributed by atoms with Crippen LogP contribution in [0, 0.1) is 13.8 Å². The Kier molecular flexibility index (Phi) is 4.39. The second-order valence-corrected chi connectivity index (χ2v) is 4.93. The van der Waals surface area contributed by atoms with Crippen molar-refractivity contribution in [2.24, 2.45) is 0 Å². The van der Waals surface area contributed by atoms with E-state index in [9.17, 15) is 9.59 Å². The number of morpholine rings is 1. The molecule has 1 heterocycles. The zero-order valence-corrected chi connectivity index (χ0v) is 12.0. The monoisotopic (exact) mass is 277 g/mol. The van der Waals surface area contributed by atoms with Gasteiger partial charge in [-0.15, -0.1) is 0 Å². The third-order valence-corrected chi connectivity index (χ3v) is 3.47. The summed E-state index contributed by atoms with van der Waals surface area (Å²) in [5.41, 5.74) is 2.63. The number of carbonyl (C=O) groups is 2. The van der Waals surface area contributed by atoms with Gasteiger partial charge in [0.05, 0.1) is 20.3 Å². The van der Waals surface area contributed by atoms with Crippen molar-refractivity contribution in [2.45, 2.75) is 19.9 Å². The smallest absolute Gasteiger partial charge is 0.331 e. The molecule has 1 amide bonds. The molecule has 5 heteroatoms. The molecule has 1 saturated heterocycles. The Morgan fingerprint density at radius 3 is 2.75 bits per heavy atom. The molecule has 1 atom stereocenters. The van der Waals surface area contributed by atoms with Gasteiger partial charge in [-0.05, 0) is 25.5 Å². The molecule has 1 aliphatic heterocycles. The van der Waals surface area contributed by atoms with Gasteiger partial charge in [-0.3, -0.25) is 4.79 Å². The number of methoxy groups -OCH3 is 1. The van der Waals surface area contributed by atoms with Gasteiger partial charge < -0.3 is 14.4 Å². The Morgan fingerprint density at radius 1 is 1.35 bits per heavy atom. The highest BCUT2D eigenvalue weighted by molar-refractivity contribution is 5.98. The number of aryl methyl sites for hydroxylation is 2. The summed E-state index contributed by atoms with van der Waals surface area (Å²) in [6.45, 7) is 4.89. The number of benzene rings is 1. The predicted molar refractivity (Wildman–Crippen MR) is 73.6 cm³/mol. The van der Waals surface area contributed by atoms with E-state index in [0.29, 0.717) is 18.7 Å². The van der Waals surface area contributed by atoms with Crippen molar-refractivity contribution in [1.29, 1.82) is 0 Å². The topological polar surface area (TPSA) is 55.8 Å². The number of hydrogen-bond acceptors (Lipinski definition) is 4. The van der Waals surface area contributed by atoms with Gasteiger partial charge in [-0.1, -0.05) is 17.7 Å². The third-order valence-electron chi connectivity index (χ3n) is 3.47. The lowest BCUT2D eigenvalue weighted by Crippen LogP contribution is -2.53. The summed E-state index contributed by atoms with van der Waals surface area (Å²) < 4.78 is 10.0. The number of ether oxygens (including phenoxy) is 2. The summed E-state index contributed by atoms with van der Waals surface area (Å²) in [6, 6.07) is 4.99. The summed E-state index contributed by atoms with van der Waals surface area (Å²) in [4.78, 5) is 25.9. The maximum Gasteiger partial charge on any atom is 0.331 e. The Morgan fingerprint density at radius 2 is 2.10 bits per heavy atom. The number of carbonyl (C=O) groups excluding carboxylic acids is 2. The molecule has 5 nitrogen and oxygen atoms in total. The number of amides is 1. The van der Waals surface area contributed by atoms with E-state index in [-0.39, 0.29) is 12.5 Å². The minimum absolute atomic E-state index is 0.152. The number of nitrogens with zero attached hydrogens (tertiary/aromatic N) is 1. The summed E-state index contributed by atoms with van der Waals surface area (Å²) >= 11 is 0. The van der Waals surface area contributed by atoms with Gasteiger partial charge in [-0.2, -0.15) is 0 Å². The van der Waals surface area contributed by atoms with E-state index in [0.717, 1.165) is 11.1 Å². The number of esters is 1. The van der Waals surface area contributed by atoms with Crippen LogP contribution in [-0.4, -0.2) is 49.7 Å². The highest BCUT2D eigenvalue weighted by atomic mass is 16.5. The zero-order valence-electron chi connectivity index (χ0n) is 12.0. The van der Waals surface area contributed by atoms with Crippen molar-refractivity contribution in [3.05, 3.63) is 34.9 Å². The molecule has 0 aromatic heterocycles. The van der Waals surface area contributed by atoms with Crippen molar-refractivity contribution in [3.8, 4) is 0 Å². The maximum absolute atomic E-state index is 12.6. The maximum atomic E-state index is 12.6. The van der Waals surface area contributed by atoms with Crippen LogP contribution in [0.4, 0.5) is 0 Å². The number of hydrogen-bond donors (Lipinski definition) is 0. The van der Waals surface area contributed by atoms with E-state index in [2.05, 4.69) is 0 Å². The fourth-order valence-electron chi connectivity index (χ4n) is 2.39. The Hall–Kier alpha value is -1.88. The molecule has 1 unspecified atom stereocenters. The van der Waals surface area contributed by atoms with E-state index >= 15 is 0 Å². The van der Waals surface area contributed by atoms with Crippen molar-refractivity contribution in [3.63, 3.8) is 0 Å². The lowest BCUT2D eigenvalue weighted by atomic mass is 10.0.